The second-order valence-corrected chi connectivity index (χ2v) is 9.36. The molecule has 1 saturated heterocycles. The first-order valence-electron chi connectivity index (χ1n) is 11.0. The summed E-state index contributed by atoms with van der Waals surface area (Å²) >= 11 is 0. The molecule has 172 valence electrons. The van der Waals surface area contributed by atoms with Gasteiger partial charge in [-0.15, -0.1) is 0 Å². The lowest BCUT2D eigenvalue weighted by atomic mass is 9.68. The van der Waals surface area contributed by atoms with Crippen LogP contribution in [0.4, 0.5) is 0 Å². The van der Waals surface area contributed by atoms with E-state index in [1.54, 1.807) is 30.9 Å². The number of amides is 2. The van der Waals surface area contributed by atoms with Gasteiger partial charge in [0.05, 0.1) is 13.1 Å². The number of aliphatic hydroxyl groups excluding tert-OH is 1. The Hall–Kier alpha value is -2.00. The van der Waals surface area contributed by atoms with Crippen molar-refractivity contribution in [1.82, 2.24) is 24.9 Å². The highest BCUT2D eigenvalue weighted by Crippen LogP contribution is 2.49. The van der Waals surface area contributed by atoms with Crippen molar-refractivity contribution in [2.24, 2.45) is 0 Å². The van der Waals surface area contributed by atoms with Crippen molar-refractivity contribution in [3.8, 4) is 0 Å². The Balaban J connectivity index is 1.88. The smallest absolute Gasteiger partial charge is 0.236 e. The van der Waals surface area contributed by atoms with Gasteiger partial charge < -0.3 is 15.3 Å². The van der Waals surface area contributed by atoms with E-state index >= 15 is 0 Å². The summed E-state index contributed by atoms with van der Waals surface area (Å²) in [5.74, 6) is -0.189. The first-order valence-corrected chi connectivity index (χ1v) is 11.0. The third kappa shape index (κ3) is 4.48. The summed E-state index contributed by atoms with van der Waals surface area (Å²) in [7, 11) is 9.30. The molecule has 1 aliphatic heterocycles. The van der Waals surface area contributed by atoms with E-state index in [-0.39, 0.29) is 36.0 Å². The van der Waals surface area contributed by atoms with Gasteiger partial charge >= 0.3 is 0 Å². The average Bonchev–Trinajstić information content (AvgIpc) is 3.00. The monoisotopic (exact) mass is 431 g/mol. The molecule has 2 N–H and O–H groups in total. The molecule has 1 unspecified atom stereocenters. The number of likely N-dealkylation sites (N-methyl/N-ethyl adjacent to an activating group) is 2. The van der Waals surface area contributed by atoms with Crippen LogP contribution in [-0.2, 0) is 15.1 Å². The number of hydrogen-bond donors (Lipinski definition) is 2. The van der Waals surface area contributed by atoms with Crippen molar-refractivity contribution in [2.45, 2.75) is 43.1 Å². The maximum absolute atomic E-state index is 12.6. The Morgan fingerprint density at radius 3 is 2.19 bits per heavy atom. The van der Waals surface area contributed by atoms with Crippen molar-refractivity contribution in [1.29, 1.82) is 0 Å². The molecule has 1 saturated carbocycles. The highest BCUT2D eigenvalue weighted by Gasteiger charge is 2.55. The van der Waals surface area contributed by atoms with Gasteiger partial charge in [0.2, 0.25) is 11.8 Å². The highest BCUT2D eigenvalue weighted by molar-refractivity contribution is 5.78. The fraction of sp³-hybridized carbons (Fsp3) is 0.652. The standard InChI is InChI=1S/C23H37N5O3/c1-24-19(29)15-27-17-22(28(21(27)31)16-20(30)25(2)3)11-13-23(14-12-22,26(4)5)18-9-7-6-8-10-18/h6-10,21,31H,11-17H2,1-5H3,(H,24,29). The number of rotatable bonds is 6. The van der Waals surface area contributed by atoms with Gasteiger partial charge in [-0.2, -0.15) is 0 Å². The van der Waals surface area contributed by atoms with Gasteiger partial charge in [-0.05, 0) is 45.3 Å². The number of carbonyl (C=O) groups excluding carboxylic acids is 2. The molecule has 2 amide bonds. The Bertz CT molecular complexity index is 775. The molecule has 31 heavy (non-hydrogen) atoms. The van der Waals surface area contributed by atoms with Crippen LogP contribution in [0.25, 0.3) is 0 Å². The van der Waals surface area contributed by atoms with Crippen LogP contribution in [0.2, 0.25) is 0 Å². The van der Waals surface area contributed by atoms with Crippen LogP contribution < -0.4 is 5.32 Å². The maximum Gasteiger partial charge on any atom is 0.236 e. The Morgan fingerprint density at radius 2 is 1.68 bits per heavy atom. The number of nitrogens with zero attached hydrogens (tertiary/aromatic N) is 4. The Kier molecular flexibility index (Phi) is 7.05. The molecular weight excluding hydrogens is 394 g/mol. The van der Waals surface area contributed by atoms with E-state index in [0.717, 1.165) is 25.7 Å². The zero-order chi connectivity index (χ0) is 22.8. The van der Waals surface area contributed by atoms with Gasteiger partial charge in [-0.3, -0.25) is 19.4 Å². The van der Waals surface area contributed by atoms with Crippen molar-refractivity contribution >= 4 is 11.8 Å². The van der Waals surface area contributed by atoms with E-state index in [4.69, 9.17) is 0 Å². The van der Waals surface area contributed by atoms with Crippen LogP contribution in [-0.4, -0.2) is 103 Å². The third-order valence-corrected chi connectivity index (χ3v) is 7.32. The molecule has 0 radical (unpaired) electrons. The predicted molar refractivity (Wildman–Crippen MR) is 120 cm³/mol. The number of carbonyl (C=O) groups is 2. The van der Waals surface area contributed by atoms with E-state index in [9.17, 15) is 14.7 Å². The molecular formula is C23H37N5O3. The molecule has 0 aromatic heterocycles. The summed E-state index contributed by atoms with van der Waals surface area (Å²) in [5.41, 5.74) is 0.877. The fourth-order valence-electron chi connectivity index (χ4n) is 5.25. The number of aliphatic hydroxyl groups is 1. The minimum Gasteiger partial charge on any atom is -0.365 e. The Labute approximate surface area is 185 Å². The van der Waals surface area contributed by atoms with Gasteiger partial charge in [0, 0.05) is 38.8 Å². The summed E-state index contributed by atoms with van der Waals surface area (Å²) in [6, 6.07) is 10.6. The van der Waals surface area contributed by atoms with Gasteiger partial charge in [-0.1, -0.05) is 30.3 Å². The molecule has 8 nitrogen and oxygen atoms in total. The van der Waals surface area contributed by atoms with E-state index in [1.165, 1.54) is 5.56 Å². The van der Waals surface area contributed by atoms with Crippen molar-refractivity contribution < 1.29 is 14.7 Å². The maximum atomic E-state index is 12.6. The topological polar surface area (TPSA) is 79.4 Å². The highest BCUT2D eigenvalue weighted by atomic mass is 16.3. The minimum atomic E-state index is -0.954. The first-order chi connectivity index (χ1) is 14.6. The lowest BCUT2D eigenvalue weighted by Crippen LogP contribution is -2.57. The van der Waals surface area contributed by atoms with Gasteiger partial charge in [0.15, 0.2) is 6.35 Å². The lowest BCUT2D eigenvalue weighted by molar-refractivity contribution is -0.142. The number of benzene rings is 1. The molecule has 2 aliphatic rings. The van der Waals surface area contributed by atoms with E-state index in [1.807, 2.05) is 11.0 Å². The summed E-state index contributed by atoms with van der Waals surface area (Å²) < 4.78 is 0. The number of hydrogen-bond acceptors (Lipinski definition) is 6. The molecule has 1 aliphatic carbocycles. The van der Waals surface area contributed by atoms with Crippen LogP contribution >= 0.6 is 0 Å². The average molecular weight is 432 g/mol. The van der Waals surface area contributed by atoms with Crippen LogP contribution in [0.15, 0.2) is 30.3 Å². The molecule has 1 aromatic carbocycles. The minimum absolute atomic E-state index is 0.0484. The third-order valence-electron chi connectivity index (χ3n) is 7.32. The molecule has 1 spiro atoms. The van der Waals surface area contributed by atoms with E-state index in [2.05, 4.69) is 48.6 Å². The molecule has 0 bridgehead atoms. The molecule has 1 atom stereocenters. The zero-order valence-electron chi connectivity index (χ0n) is 19.5. The molecule has 3 rings (SSSR count). The summed E-state index contributed by atoms with van der Waals surface area (Å²) in [5, 5.41) is 13.7. The van der Waals surface area contributed by atoms with Crippen LogP contribution in [0.1, 0.15) is 31.2 Å². The second-order valence-electron chi connectivity index (χ2n) is 9.36. The quantitative estimate of drug-likeness (QED) is 0.682. The summed E-state index contributed by atoms with van der Waals surface area (Å²) in [6.45, 7) is 0.822. The molecule has 1 heterocycles. The van der Waals surface area contributed by atoms with Crippen LogP contribution in [0.5, 0.6) is 0 Å². The van der Waals surface area contributed by atoms with Crippen LogP contribution in [0, 0.1) is 0 Å². The second kappa shape index (κ2) is 9.24. The Morgan fingerprint density at radius 1 is 1.06 bits per heavy atom. The zero-order valence-corrected chi connectivity index (χ0v) is 19.5. The largest absolute Gasteiger partial charge is 0.365 e. The fourth-order valence-corrected chi connectivity index (χ4v) is 5.25. The molecule has 2 fully saturated rings. The van der Waals surface area contributed by atoms with E-state index in [0.29, 0.717) is 6.54 Å². The van der Waals surface area contributed by atoms with Crippen molar-refractivity contribution in [3.05, 3.63) is 35.9 Å². The van der Waals surface area contributed by atoms with Gasteiger partial charge in [0.25, 0.3) is 0 Å². The van der Waals surface area contributed by atoms with Crippen molar-refractivity contribution in [2.75, 3.05) is 54.9 Å². The van der Waals surface area contributed by atoms with Crippen molar-refractivity contribution in [3.63, 3.8) is 0 Å². The lowest BCUT2D eigenvalue weighted by Gasteiger charge is -2.51. The molecule has 1 aromatic rings. The summed E-state index contributed by atoms with van der Waals surface area (Å²) in [6.07, 6.45) is 2.54. The van der Waals surface area contributed by atoms with E-state index < -0.39 is 6.35 Å². The molecule has 8 heteroatoms. The van der Waals surface area contributed by atoms with Gasteiger partial charge in [-0.25, -0.2) is 4.90 Å². The SMILES string of the molecule is CNC(=O)CN1CC2(CCC(c3ccccc3)(N(C)C)CC2)N(CC(=O)N(C)C)C1O. The summed E-state index contributed by atoms with van der Waals surface area (Å²) in [4.78, 5) is 32.2. The predicted octanol–water partition coefficient (Wildman–Crippen LogP) is 0.484. The number of nitrogens with one attached hydrogen (secondary N) is 1. The van der Waals surface area contributed by atoms with Crippen LogP contribution in [0.3, 0.4) is 0 Å². The normalized spacial score (nSPS) is 29.5. The van der Waals surface area contributed by atoms with Gasteiger partial charge in [0.1, 0.15) is 0 Å². The first kappa shape index (κ1) is 23.7.